The van der Waals surface area contributed by atoms with Gasteiger partial charge >= 0.3 is 5.97 Å². The first kappa shape index (κ1) is 25.7. The number of hydrogen-bond donors (Lipinski definition) is 2. The number of benzene rings is 2. The van der Waals surface area contributed by atoms with E-state index in [1.54, 1.807) is 37.3 Å². The second kappa shape index (κ2) is 10.4. The lowest BCUT2D eigenvalue weighted by Gasteiger charge is -2.58. The van der Waals surface area contributed by atoms with Gasteiger partial charge in [-0.15, -0.1) is 11.3 Å². The molecule has 4 atom stereocenters. The van der Waals surface area contributed by atoms with Crippen molar-refractivity contribution in [3.05, 3.63) is 87.1 Å². The lowest BCUT2D eigenvalue weighted by Crippen LogP contribution is -2.59. The molecule has 0 radical (unpaired) electrons. The van der Waals surface area contributed by atoms with Crippen molar-refractivity contribution in [3.8, 4) is 5.75 Å². The van der Waals surface area contributed by atoms with Gasteiger partial charge < -0.3 is 15.1 Å². The van der Waals surface area contributed by atoms with E-state index in [9.17, 15) is 14.7 Å². The van der Waals surface area contributed by atoms with Crippen LogP contribution >= 0.6 is 11.3 Å². The first-order valence-corrected chi connectivity index (χ1v) is 14.1. The van der Waals surface area contributed by atoms with E-state index in [1.807, 2.05) is 17.5 Å². The van der Waals surface area contributed by atoms with Crippen molar-refractivity contribution < 1.29 is 19.8 Å². The Morgan fingerprint density at radius 3 is 2.57 bits per heavy atom. The predicted octanol–water partition coefficient (Wildman–Crippen LogP) is 6.25. The summed E-state index contributed by atoms with van der Waals surface area (Å²) in [6, 6.07) is 17.2. The number of rotatable bonds is 4. The molecule has 2 heterocycles. The number of ketones is 1. The van der Waals surface area contributed by atoms with E-state index in [-0.39, 0.29) is 5.78 Å². The molecule has 0 spiro atoms. The summed E-state index contributed by atoms with van der Waals surface area (Å²) in [6.07, 6.45) is 7.93. The first-order valence-electron chi connectivity index (χ1n) is 13.2. The lowest BCUT2D eigenvalue weighted by atomic mass is 9.52. The van der Waals surface area contributed by atoms with Gasteiger partial charge in [-0.3, -0.25) is 9.59 Å². The number of carbonyl (C=O) groups excluding carboxylic acids is 1. The minimum Gasteiger partial charge on any atom is -0.508 e. The van der Waals surface area contributed by atoms with Gasteiger partial charge in [0.2, 0.25) is 5.78 Å². The minimum atomic E-state index is -0.868. The average molecular weight is 518 g/mol. The molecule has 37 heavy (non-hydrogen) atoms. The van der Waals surface area contributed by atoms with Crippen LogP contribution in [0.4, 0.5) is 0 Å². The summed E-state index contributed by atoms with van der Waals surface area (Å²) in [4.78, 5) is 26.1. The van der Waals surface area contributed by atoms with Crippen LogP contribution in [0, 0.1) is 5.92 Å². The zero-order chi connectivity index (χ0) is 26.2. The number of carbonyl (C=O) groups is 2. The van der Waals surface area contributed by atoms with Crippen LogP contribution in [0.5, 0.6) is 5.75 Å². The molecular weight excluding hydrogens is 482 g/mol. The summed E-state index contributed by atoms with van der Waals surface area (Å²) in [5, 5.41) is 20.7. The Balaban J connectivity index is 0.000000152. The van der Waals surface area contributed by atoms with E-state index in [1.165, 1.54) is 67.5 Å². The summed E-state index contributed by atoms with van der Waals surface area (Å²) in [7, 11) is 2.30. The maximum atomic E-state index is 12.0. The van der Waals surface area contributed by atoms with E-state index >= 15 is 0 Å². The molecule has 0 amide bonds. The molecule has 1 unspecified atom stereocenters. The van der Waals surface area contributed by atoms with Crippen LogP contribution in [0.1, 0.15) is 76.9 Å². The summed E-state index contributed by atoms with van der Waals surface area (Å²) >= 11 is 1.40. The Bertz CT molecular complexity index is 1270. The van der Waals surface area contributed by atoms with Crippen LogP contribution in [0.2, 0.25) is 0 Å². The van der Waals surface area contributed by atoms with E-state index < -0.39 is 11.9 Å². The van der Waals surface area contributed by atoms with Gasteiger partial charge in [-0.25, -0.2) is 0 Å². The van der Waals surface area contributed by atoms with Crippen LogP contribution in [-0.4, -0.2) is 46.5 Å². The largest absolute Gasteiger partial charge is 0.508 e. The number of aromatic hydroxyl groups is 1. The zero-order valence-corrected chi connectivity index (χ0v) is 22.3. The van der Waals surface area contributed by atoms with Crippen molar-refractivity contribution in [1.82, 2.24) is 4.90 Å². The van der Waals surface area contributed by atoms with Crippen LogP contribution in [0.15, 0.2) is 60.0 Å². The third-order valence-corrected chi connectivity index (χ3v) is 9.75. The van der Waals surface area contributed by atoms with E-state index in [4.69, 9.17) is 5.11 Å². The van der Waals surface area contributed by atoms with E-state index in [0.29, 0.717) is 27.2 Å². The molecule has 2 N–H and O–H groups in total. The van der Waals surface area contributed by atoms with Crippen LogP contribution in [-0.2, 0) is 16.6 Å². The Kier molecular flexibility index (Phi) is 7.24. The second-order valence-corrected chi connectivity index (χ2v) is 11.8. The number of fused-ring (bicyclic) bond motifs is 1. The molecule has 2 aliphatic carbocycles. The Morgan fingerprint density at radius 1 is 1.08 bits per heavy atom. The number of nitrogens with zero attached hydrogens (tertiary/aromatic N) is 1. The van der Waals surface area contributed by atoms with Gasteiger partial charge in [-0.1, -0.05) is 49.2 Å². The zero-order valence-electron chi connectivity index (χ0n) is 21.5. The molecule has 1 saturated heterocycles. The van der Waals surface area contributed by atoms with Gasteiger partial charge in [0.05, 0.1) is 10.8 Å². The maximum absolute atomic E-state index is 12.0. The third-order valence-electron chi connectivity index (χ3n) is 8.89. The molecule has 2 aromatic carbocycles. The van der Waals surface area contributed by atoms with Crippen LogP contribution in [0.25, 0.3) is 0 Å². The van der Waals surface area contributed by atoms with Gasteiger partial charge in [-0.05, 0) is 92.4 Å². The van der Waals surface area contributed by atoms with E-state index in [2.05, 4.69) is 24.1 Å². The fourth-order valence-corrected chi connectivity index (χ4v) is 7.49. The highest BCUT2D eigenvalue weighted by Gasteiger charge is 2.53. The third kappa shape index (κ3) is 4.85. The highest BCUT2D eigenvalue weighted by molar-refractivity contribution is 7.12. The molecule has 1 aliphatic heterocycles. The number of phenolic OH excluding ortho intramolecular Hbond substituents is 1. The number of thiophene rings is 1. The Hall–Kier alpha value is -2.96. The molecule has 2 bridgehead atoms. The second-order valence-electron chi connectivity index (χ2n) is 10.8. The summed E-state index contributed by atoms with van der Waals surface area (Å²) < 4.78 is 0. The lowest BCUT2D eigenvalue weighted by molar-refractivity contribution is -0.138. The molecule has 5 nitrogen and oxygen atoms in total. The summed E-state index contributed by atoms with van der Waals surface area (Å²) in [5.74, 6) is -0.188. The highest BCUT2D eigenvalue weighted by Crippen LogP contribution is 2.55. The molecule has 6 rings (SSSR count). The minimum absolute atomic E-state index is 0.0282. The van der Waals surface area contributed by atoms with Gasteiger partial charge in [0.1, 0.15) is 5.75 Å². The van der Waals surface area contributed by atoms with Crippen molar-refractivity contribution >= 4 is 23.1 Å². The normalized spacial score (nSPS) is 25.1. The van der Waals surface area contributed by atoms with Crippen molar-refractivity contribution in [2.24, 2.45) is 5.92 Å². The molecule has 3 aliphatic rings. The summed E-state index contributed by atoms with van der Waals surface area (Å²) in [5.41, 5.74) is 4.64. The highest BCUT2D eigenvalue weighted by atomic mass is 32.1. The molecule has 1 aromatic heterocycles. The standard InChI is InChI=1S/C17H23NO.C14H12O3S/c1-18-9-8-17-7-3-2-4-14(17)16(18)10-12-5-6-13(19)11-15(12)17;1-9(14(16)17)10-4-6-11(7-5-10)13(15)12-3-2-8-18-12/h5-6,11,14,16,19H,2-4,7-10H2,1H3;2-9H,1H3,(H,16,17)/t14-,16-,17-;/m0./s1. The van der Waals surface area contributed by atoms with Crippen molar-refractivity contribution in [2.45, 2.75) is 62.8 Å². The number of aliphatic carboxylic acids is 1. The molecule has 3 aromatic rings. The number of carboxylic acids is 1. The topological polar surface area (TPSA) is 77.8 Å². The molecular formula is C31H35NO4S. The van der Waals surface area contributed by atoms with Gasteiger partial charge in [-0.2, -0.15) is 0 Å². The monoisotopic (exact) mass is 517 g/mol. The average Bonchev–Trinajstić information content (AvgIpc) is 3.46. The number of phenols is 1. The smallest absolute Gasteiger partial charge is 0.310 e. The molecule has 194 valence electrons. The number of likely N-dealkylation sites (tertiary alicyclic amines) is 1. The maximum Gasteiger partial charge on any atom is 0.310 e. The number of piperidine rings is 1. The van der Waals surface area contributed by atoms with Gasteiger partial charge in [0, 0.05) is 17.0 Å². The van der Waals surface area contributed by atoms with Gasteiger partial charge in [0.25, 0.3) is 0 Å². The summed E-state index contributed by atoms with van der Waals surface area (Å²) in [6.45, 7) is 2.84. The molecule has 2 fully saturated rings. The van der Waals surface area contributed by atoms with Crippen LogP contribution in [0.3, 0.4) is 0 Å². The Labute approximate surface area is 222 Å². The quantitative estimate of drug-likeness (QED) is 0.400. The number of hydrogen-bond acceptors (Lipinski definition) is 5. The fourth-order valence-electron chi connectivity index (χ4n) is 6.80. The number of carboxylic acid groups (broad SMARTS) is 1. The molecule has 1 saturated carbocycles. The Morgan fingerprint density at radius 2 is 1.86 bits per heavy atom. The van der Waals surface area contributed by atoms with Crippen LogP contribution < -0.4 is 0 Å². The van der Waals surface area contributed by atoms with Crippen molar-refractivity contribution in [1.29, 1.82) is 0 Å². The fraction of sp³-hybridized carbons (Fsp3) is 0.419. The van der Waals surface area contributed by atoms with Gasteiger partial charge in [0.15, 0.2) is 0 Å². The van der Waals surface area contributed by atoms with Crippen molar-refractivity contribution in [2.75, 3.05) is 13.6 Å². The molecule has 6 heteroatoms. The van der Waals surface area contributed by atoms with Crippen molar-refractivity contribution in [3.63, 3.8) is 0 Å². The predicted molar refractivity (Wildman–Crippen MR) is 147 cm³/mol. The first-order chi connectivity index (χ1) is 17.8. The number of likely N-dealkylation sites (N-methyl/N-ethyl adjacent to an activating group) is 1. The van der Waals surface area contributed by atoms with E-state index in [0.717, 1.165) is 12.0 Å². The SMILES string of the molecule is CC(C(=O)O)c1ccc(C(=O)c2cccs2)cc1.CN1CC[C@@]23CCCC[C@H]2[C@@H]1Cc1ccc(O)cc13.